The topological polar surface area (TPSA) is 41.1 Å². The molecule has 3 nitrogen and oxygen atoms in total. The van der Waals surface area contributed by atoms with E-state index in [-0.39, 0.29) is 18.1 Å². The molecular weight excluding hydrogens is 236 g/mol. The van der Waals surface area contributed by atoms with E-state index in [0.29, 0.717) is 0 Å². The van der Waals surface area contributed by atoms with Crippen molar-refractivity contribution < 1.29 is 4.79 Å². The number of amides is 2. The van der Waals surface area contributed by atoms with Gasteiger partial charge in [-0.15, -0.1) is 0 Å². The van der Waals surface area contributed by atoms with E-state index in [1.807, 2.05) is 0 Å². The largest absolute Gasteiger partial charge is 0.335 e. The lowest BCUT2D eigenvalue weighted by Crippen LogP contribution is -2.42. The minimum atomic E-state index is -0.0684. The van der Waals surface area contributed by atoms with E-state index >= 15 is 0 Å². The van der Waals surface area contributed by atoms with Crippen molar-refractivity contribution in [3.63, 3.8) is 0 Å². The van der Waals surface area contributed by atoms with Crippen LogP contribution < -0.4 is 10.6 Å². The summed E-state index contributed by atoms with van der Waals surface area (Å²) in [7, 11) is 0. The molecule has 19 heavy (non-hydrogen) atoms. The maximum atomic E-state index is 12.0. The molecule has 106 valence electrons. The van der Waals surface area contributed by atoms with E-state index in [2.05, 4.69) is 62.6 Å². The average Bonchev–Trinajstić information content (AvgIpc) is 2.43. The molecule has 0 heterocycles. The first-order chi connectivity index (χ1) is 9.10. The standard InChI is InChI=1S/C16H26N2O/c1-5-14(6-2)17-16(19)18-15(7-3)13-10-8-12(4)9-11-13/h8-11,14-15H,5-7H2,1-4H3,(H2,17,18,19). The Hall–Kier alpha value is -1.51. The lowest BCUT2D eigenvalue weighted by molar-refractivity contribution is 0.232. The smallest absolute Gasteiger partial charge is 0.315 e. The first-order valence-corrected chi connectivity index (χ1v) is 7.24. The van der Waals surface area contributed by atoms with Gasteiger partial charge in [-0.05, 0) is 31.7 Å². The van der Waals surface area contributed by atoms with Crippen LogP contribution >= 0.6 is 0 Å². The average molecular weight is 262 g/mol. The minimum Gasteiger partial charge on any atom is -0.335 e. The number of hydrogen-bond acceptors (Lipinski definition) is 1. The Labute approximate surface area is 116 Å². The number of carbonyl (C=O) groups excluding carboxylic acids is 1. The second-order valence-electron chi connectivity index (χ2n) is 5.00. The Bertz CT molecular complexity index is 382. The highest BCUT2D eigenvalue weighted by atomic mass is 16.2. The van der Waals surface area contributed by atoms with Crippen molar-refractivity contribution in [1.29, 1.82) is 0 Å². The van der Waals surface area contributed by atoms with Crippen LogP contribution in [0.25, 0.3) is 0 Å². The molecule has 0 spiro atoms. The van der Waals surface area contributed by atoms with E-state index in [9.17, 15) is 4.79 Å². The molecule has 1 aromatic carbocycles. The third-order valence-corrected chi connectivity index (χ3v) is 3.51. The van der Waals surface area contributed by atoms with Gasteiger partial charge in [0.2, 0.25) is 0 Å². The number of hydrogen-bond donors (Lipinski definition) is 2. The second kappa shape index (κ2) is 7.82. The van der Waals surface area contributed by atoms with E-state index in [1.165, 1.54) is 5.56 Å². The molecule has 1 rings (SSSR count). The van der Waals surface area contributed by atoms with Crippen molar-refractivity contribution in [1.82, 2.24) is 10.6 Å². The summed E-state index contributed by atoms with van der Waals surface area (Å²) in [6, 6.07) is 8.60. The molecular formula is C16H26N2O. The molecule has 0 aromatic heterocycles. The van der Waals surface area contributed by atoms with Crippen LogP contribution in [0.1, 0.15) is 57.2 Å². The Morgan fingerprint density at radius 3 is 2.05 bits per heavy atom. The molecule has 2 N–H and O–H groups in total. The molecule has 1 aromatic rings. The van der Waals surface area contributed by atoms with Crippen LogP contribution in [0.2, 0.25) is 0 Å². The van der Waals surface area contributed by atoms with Crippen LogP contribution in [0.3, 0.4) is 0 Å². The zero-order valence-corrected chi connectivity index (χ0v) is 12.5. The van der Waals surface area contributed by atoms with Crippen LogP contribution in [0.5, 0.6) is 0 Å². The minimum absolute atomic E-state index is 0.0684. The summed E-state index contributed by atoms with van der Waals surface area (Å²) < 4.78 is 0. The summed E-state index contributed by atoms with van der Waals surface area (Å²) in [6.07, 6.45) is 2.82. The monoisotopic (exact) mass is 262 g/mol. The third kappa shape index (κ3) is 4.93. The number of rotatable bonds is 6. The van der Waals surface area contributed by atoms with Crippen LogP contribution in [0.15, 0.2) is 24.3 Å². The number of nitrogens with one attached hydrogen (secondary N) is 2. The Kier molecular flexibility index (Phi) is 6.40. The van der Waals surface area contributed by atoms with Gasteiger partial charge in [0.1, 0.15) is 0 Å². The lowest BCUT2D eigenvalue weighted by Gasteiger charge is -2.21. The summed E-state index contributed by atoms with van der Waals surface area (Å²) in [5.74, 6) is 0. The fourth-order valence-electron chi connectivity index (χ4n) is 2.10. The zero-order valence-electron chi connectivity index (χ0n) is 12.5. The molecule has 0 fully saturated rings. The van der Waals surface area contributed by atoms with E-state index in [4.69, 9.17) is 0 Å². The van der Waals surface area contributed by atoms with Gasteiger partial charge in [0.15, 0.2) is 0 Å². The summed E-state index contributed by atoms with van der Waals surface area (Å²) in [4.78, 5) is 12.0. The highest BCUT2D eigenvalue weighted by Crippen LogP contribution is 2.17. The quantitative estimate of drug-likeness (QED) is 0.801. The van der Waals surface area contributed by atoms with Gasteiger partial charge < -0.3 is 10.6 Å². The first kappa shape index (κ1) is 15.5. The predicted molar refractivity (Wildman–Crippen MR) is 80.2 cm³/mol. The van der Waals surface area contributed by atoms with Gasteiger partial charge in [0.05, 0.1) is 6.04 Å². The molecule has 0 aliphatic rings. The normalized spacial score (nSPS) is 12.3. The van der Waals surface area contributed by atoms with Crippen molar-refractivity contribution in [3.05, 3.63) is 35.4 Å². The number of benzene rings is 1. The lowest BCUT2D eigenvalue weighted by atomic mass is 10.0. The van der Waals surface area contributed by atoms with E-state index in [0.717, 1.165) is 24.8 Å². The molecule has 3 heteroatoms. The van der Waals surface area contributed by atoms with Gasteiger partial charge in [-0.25, -0.2) is 4.79 Å². The number of carbonyl (C=O) groups is 1. The van der Waals surface area contributed by atoms with Gasteiger partial charge in [-0.1, -0.05) is 50.6 Å². The Morgan fingerprint density at radius 2 is 1.58 bits per heavy atom. The summed E-state index contributed by atoms with van der Waals surface area (Å²) in [6.45, 7) is 8.33. The number of aryl methyl sites for hydroxylation is 1. The molecule has 0 radical (unpaired) electrons. The number of urea groups is 1. The fraction of sp³-hybridized carbons (Fsp3) is 0.562. The van der Waals surface area contributed by atoms with Gasteiger partial charge in [0.25, 0.3) is 0 Å². The van der Waals surface area contributed by atoms with Crippen LogP contribution in [-0.2, 0) is 0 Å². The first-order valence-electron chi connectivity index (χ1n) is 7.24. The van der Waals surface area contributed by atoms with Crippen molar-refractivity contribution in [2.45, 2.75) is 59.0 Å². The molecule has 1 unspecified atom stereocenters. The van der Waals surface area contributed by atoms with E-state index < -0.39 is 0 Å². The van der Waals surface area contributed by atoms with E-state index in [1.54, 1.807) is 0 Å². The van der Waals surface area contributed by atoms with Crippen LogP contribution in [0.4, 0.5) is 4.79 Å². The second-order valence-corrected chi connectivity index (χ2v) is 5.00. The molecule has 0 aliphatic carbocycles. The molecule has 2 amide bonds. The van der Waals surface area contributed by atoms with Gasteiger partial charge in [-0.2, -0.15) is 0 Å². The Morgan fingerprint density at radius 1 is 1.00 bits per heavy atom. The van der Waals surface area contributed by atoms with Crippen molar-refractivity contribution in [2.75, 3.05) is 0 Å². The third-order valence-electron chi connectivity index (χ3n) is 3.51. The summed E-state index contributed by atoms with van der Waals surface area (Å²) in [5, 5.41) is 6.06. The maximum Gasteiger partial charge on any atom is 0.315 e. The SMILES string of the molecule is CCC(CC)NC(=O)NC(CC)c1ccc(C)cc1. The van der Waals surface area contributed by atoms with Crippen molar-refractivity contribution in [2.24, 2.45) is 0 Å². The molecule has 0 saturated heterocycles. The van der Waals surface area contributed by atoms with Gasteiger partial charge in [0, 0.05) is 6.04 Å². The maximum absolute atomic E-state index is 12.0. The molecule has 0 bridgehead atoms. The van der Waals surface area contributed by atoms with Gasteiger partial charge in [-0.3, -0.25) is 0 Å². The predicted octanol–water partition coefficient (Wildman–Crippen LogP) is 3.93. The van der Waals surface area contributed by atoms with Crippen molar-refractivity contribution in [3.8, 4) is 0 Å². The van der Waals surface area contributed by atoms with Crippen LogP contribution in [0, 0.1) is 6.92 Å². The fourth-order valence-corrected chi connectivity index (χ4v) is 2.10. The molecule has 0 aliphatic heterocycles. The summed E-state index contributed by atoms with van der Waals surface area (Å²) in [5.41, 5.74) is 2.40. The van der Waals surface area contributed by atoms with Crippen LogP contribution in [-0.4, -0.2) is 12.1 Å². The van der Waals surface area contributed by atoms with Gasteiger partial charge >= 0.3 is 6.03 Å². The Balaban J connectivity index is 2.61. The highest BCUT2D eigenvalue weighted by Gasteiger charge is 2.14. The highest BCUT2D eigenvalue weighted by molar-refractivity contribution is 5.74. The molecule has 0 saturated carbocycles. The summed E-state index contributed by atoms with van der Waals surface area (Å²) >= 11 is 0. The molecule has 1 atom stereocenters. The van der Waals surface area contributed by atoms with Crippen molar-refractivity contribution >= 4 is 6.03 Å². The zero-order chi connectivity index (χ0) is 14.3.